The Balaban J connectivity index is 1.82. The number of hydrogen-bond acceptors (Lipinski definition) is 6. The van der Waals surface area contributed by atoms with Crippen LogP contribution in [-0.2, 0) is 14.2 Å². The fourth-order valence-corrected chi connectivity index (χ4v) is 4.65. The Morgan fingerprint density at radius 2 is 2.08 bits per heavy atom. The summed E-state index contributed by atoms with van der Waals surface area (Å²) < 4.78 is 19.9. The average molecular weight is 373 g/mol. The number of alkyl halides is 1. The van der Waals surface area contributed by atoms with E-state index in [1.165, 1.54) is 16.8 Å². The lowest BCUT2D eigenvalue weighted by molar-refractivity contribution is -0.247. The van der Waals surface area contributed by atoms with Gasteiger partial charge in [-0.15, -0.1) is 11.6 Å². The Kier molecular flexibility index (Phi) is 3.90. The number of halogens is 1. The van der Waals surface area contributed by atoms with Gasteiger partial charge >= 0.3 is 5.69 Å². The monoisotopic (exact) mass is 372 g/mol. The fourth-order valence-electron chi connectivity index (χ4n) is 4.36. The van der Waals surface area contributed by atoms with E-state index in [1.54, 1.807) is 6.92 Å². The van der Waals surface area contributed by atoms with Gasteiger partial charge in [-0.2, -0.15) is 0 Å². The molecule has 2 saturated heterocycles. The molecular formula is C16H21ClN2O6. The van der Waals surface area contributed by atoms with E-state index in [2.05, 4.69) is 4.98 Å². The predicted octanol–water partition coefficient (Wildman–Crippen LogP) is 0.480. The van der Waals surface area contributed by atoms with Crippen LogP contribution >= 0.6 is 11.6 Å². The molecule has 3 aliphatic rings. The second-order valence-corrected chi connectivity index (χ2v) is 7.51. The standard InChI is InChI=1S/C16H21ClN2O6/c1-14-11(23-16(25-14)5-2-3-6-16)15(8-17,9-20)24-12(14)19-7-4-10(21)18-13(19)22/h4,7,11-12,20H,2-3,5-6,8-9H2,1H3,(H,18,21,22). The molecule has 1 aliphatic carbocycles. The maximum atomic E-state index is 12.3. The summed E-state index contributed by atoms with van der Waals surface area (Å²) in [7, 11) is 0. The molecule has 0 amide bonds. The van der Waals surface area contributed by atoms with Crippen LogP contribution in [0.25, 0.3) is 0 Å². The van der Waals surface area contributed by atoms with Crippen molar-refractivity contribution in [1.82, 2.24) is 9.55 Å². The third kappa shape index (κ3) is 2.35. The van der Waals surface area contributed by atoms with Crippen molar-refractivity contribution in [3.63, 3.8) is 0 Å². The van der Waals surface area contributed by atoms with Gasteiger partial charge in [0.15, 0.2) is 12.0 Å². The fraction of sp³-hybridized carbons (Fsp3) is 0.750. The van der Waals surface area contributed by atoms with Crippen LogP contribution in [0.1, 0.15) is 38.8 Å². The van der Waals surface area contributed by atoms with E-state index in [-0.39, 0.29) is 12.5 Å². The molecule has 1 spiro atoms. The van der Waals surface area contributed by atoms with Crippen molar-refractivity contribution < 1.29 is 19.3 Å². The van der Waals surface area contributed by atoms with E-state index in [0.29, 0.717) is 0 Å². The molecule has 0 bridgehead atoms. The number of nitrogens with zero attached hydrogens (tertiary/aromatic N) is 1. The number of aliphatic hydroxyl groups is 1. The SMILES string of the molecule is CC12OC3(CCCC3)OC1C(CO)(CCl)OC2n1ccc(=O)[nH]c1=O. The molecule has 9 heteroatoms. The lowest BCUT2D eigenvalue weighted by Crippen LogP contribution is -2.51. The summed E-state index contributed by atoms with van der Waals surface area (Å²) in [5, 5.41) is 10.00. The molecule has 0 radical (unpaired) electrons. The Morgan fingerprint density at radius 3 is 2.68 bits per heavy atom. The number of aromatic amines is 1. The lowest BCUT2D eigenvalue weighted by Gasteiger charge is -2.33. The van der Waals surface area contributed by atoms with Crippen molar-refractivity contribution in [3.05, 3.63) is 33.1 Å². The van der Waals surface area contributed by atoms with Gasteiger partial charge in [0.25, 0.3) is 5.56 Å². The van der Waals surface area contributed by atoms with Crippen LogP contribution in [0.5, 0.6) is 0 Å². The van der Waals surface area contributed by atoms with Gasteiger partial charge in [0.2, 0.25) is 0 Å². The number of rotatable bonds is 3. The van der Waals surface area contributed by atoms with Crippen LogP contribution < -0.4 is 11.2 Å². The van der Waals surface area contributed by atoms with Crippen molar-refractivity contribution in [2.45, 2.75) is 61.9 Å². The first-order chi connectivity index (χ1) is 11.9. The highest BCUT2D eigenvalue weighted by molar-refractivity contribution is 6.18. The molecular weight excluding hydrogens is 352 g/mol. The first-order valence-corrected chi connectivity index (χ1v) is 8.96. The second kappa shape index (κ2) is 5.65. The number of nitrogens with one attached hydrogen (secondary N) is 1. The molecule has 1 aromatic rings. The molecule has 25 heavy (non-hydrogen) atoms. The molecule has 1 saturated carbocycles. The van der Waals surface area contributed by atoms with Crippen LogP contribution in [0.3, 0.4) is 0 Å². The molecule has 4 unspecified atom stereocenters. The summed E-state index contributed by atoms with van der Waals surface area (Å²) in [5.41, 5.74) is -3.33. The van der Waals surface area contributed by atoms with Crippen molar-refractivity contribution in [1.29, 1.82) is 0 Å². The zero-order valence-corrected chi connectivity index (χ0v) is 14.6. The van der Waals surface area contributed by atoms with Gasteiger partial charge in [0.05, 0.1) is 12.5 Å². The normalized spacial score (nSPS) is 39.2. The minimum Gasteiger partial charge on any atom is -0.393 e. The molecule has 3 heterocycles. The molecule has 8 nitrogen and oxygen atoms in total. The number of aliphatic hydroxyl groups excluding tert-OH is 1. The minimum absolute atomic E-state index is 0.0161. The topological polar surface area (TPSA) is 103 Å². The van der Waals surface area contributed by atoms with Gasteiger partial charge in [0, 0.05) is 25.1 Å². The summed E-state index contributed by atoms with van der Waals surface area (Å²) in [5.74, 6) is -0.752. The highest BCUT2D eigenvalue weighted by atomic mass is 35.5. The van der Waals surface area contributed by atoms with E-state index in [9.17, 15) is 14.7 Å². The third-order valence-electron chi connectivity index (χ3n) is 5.54. The van der Waals surface area contributed by atoms with Gasteiger partial charge in [-0.05, 0) is 19.8 Å². The Bertz CT molecular complexity index is 781. The zero-order chi connectivity index (χ0) is 17.9. The number of hydrogen-bond donors (Lipinski definition) is 2. The number of ether oxygens (including phenoxy) is 3. The average Bonchev–Trinajstić information content (AvgIpc) is 3.21. The molecule has 4 rings (SSSR count). The van der Waals surface area contributed by atoms with E-state index >= 15 is 0 Å². The summed E-state index contributed by atoms with van der Waals surface area (Å²) in [6.07, 6.45) is 3.31. The van der Waals surface area contributed by atoms with E-state index in [0.717, 1.165) is 25.7 Å². The van der Waals surface area contributed by atoms with Crippen molar-refractivity contribution >= 4 is 11.6 Å². The minimum atomic E-state index is -1.19. The van der Waals surface area contributed by atoms with E-state index in [1.807, 2.05) is 0 Å². The highest BCUT2D eigenvalue weighted by Crippen LogP contribution is 2.58. The van der Waals surface area contributed by atoms with Crippen LogP contribution in [0.15, 0.2) is 21.9 Å². The van der Waals surface area contributed by atoms with Gasteiger partial charge in [-0.1, -0.05) is 0 Å². The molecule has 2 aliphatic heterocycles. The van der Waals surface area contributed by atoms with Crippen molar-refractivity contribution in [2.24, 2.45) is 0 Å². The number of H-pyrrole nitrogens is 1. The maximum absolute atomic E-state index is 12.3. The van der Waals surface area contributed by atoms with Gasteiger partial charge in [0.1, 0.15) is 17.3 Å². The van der Waals surface area contributed by atoms with Crippen LogP contribution in [0.2, 0.25) is 0 Å². The summed E-state index contributed by atoms with van der Waals surface area (Å²) in [4.78, 5) is 25.9. The van der Waals surface area contributed by atoms with Gasteiger partial charge in [-0.25, -0.2) is 4.79 Å². The predicted molar refractivity (Wildman–Crippen MR) is 87.5 cm³/mol. The number of aromatic nitrogens is 2. The number of fused-ring (bicyclic) bond motifs is 1. The van der Waals surface area contributed by atoms with E-state index in [4.69, 9.17) is 25.8 Å². The maximum Gasteiger partial charge on any atom is 0.330 e. The van der Waals surface area contributed by atoms with Crippen molar-refractivity contribution in [3.8, 4) is 0 Å². The summed E-state index contributed by atoms with van der Waals surface area (Å²) in [6, 6.07) is 1.24. The zero-order valence-electron chi connectivity index (χ0n) is 13.9. The van der Waals surface area contributed by atoms with E-state index < -0.39 is 40.6 Å². The van der Waals surface area contributed by atoms with Crippen LogP contribution in [0, 0.1) is 0 Å². The lowest BCUT2D eigenvalue weighted by atomic mass is 9.89. The summed E-state index contributed by atoms with van der Waals surface area (Å²) in [6.45, 7) is 1.43. The first kappa shape index (κ1) is 17.2. The largest absolute Gasteiger partial charge is 0.393 e. The van der Waals surface area contributed by atoms with Gasteiger partial charge < -0.3 is 19.3 Å². The molecule has 3 fully saturated rings. The Hall–Kier alpha value is -1.19. The van der Waals surface area contributed by atoms with Crippen LogP contribution in [-0.4, -0.2) is 50.2 Å². The quantitative estimate of drug-likeness (QED) is 0.748. The summed E-state index contributed by atoms with van der Waals surface area (Å²) >= 11 is 6.14. The molecule has 1 aromatic heterocycles. The Labute approximate surface area is 148 Å². The third-order valence-corrected chi connectivity index (χ3v) is 5.99. The molecule has 2 N–H and O–H groups in total. The van der Waals surface area contributed by atoms with Gasteiger partial charge in [-0.3, -0.25) is 14.3 Å². The smallest absolute Gasteiger partial charge is 0.330 e. The Morgan fingerprint density at radius 1 is 1.36 bits per heavy atom. The molecule has 0 aromatic carbocycles. The first-order valence-electron chi connectivity index (χ1n) is 8.42. The van der Waals surface area contributed by atoms with Crippen molar-refractivity contribution in [2.75, 3.05) is 12.5 Å². The molecule has 138 valence electrons. The second-order valence-electron chi connectivity index (χ2n) is 7.25. The molecule has 4 atom stereocenters. The van der Waals surface area contributed by atoms with Crippen LogP contribution in [0.4, 0.5) is 0 Å². The highest BCUT2D eigenvalue weighted by Gasteiger charge is 2.71.